The molecule has 2 aromatic carbocycles. The van der Waals surface area contributed by atoms with Crippen molar-refractivity contribution < 1.29 is 14.3 Å². The lowest BCUT2D eigenvalue weighted by molar-refractivity contribution is 0.0954. The van der Waals surface area contributed by atoms with Gasteiger partial charge < -0.3 is 14.0 Å². The summed E-state index contributed by atoms with van der Waals surface area (Å²) in [4.78, 5) is 12.4. The van der Waals surface area contributed by atoms with Crippen molar-refractivity contribution >= 4 is 12.1 Å². The van der Waals surface area contributed by atoms with Gasteiger partial charge in [-0.05, 0) is 50.2 Å². The number of aryl methyl sites for hydroxylation is 1. The first-order chi connectivity index (χ1) is 13.5. The standard InChI is InChI=1S/C22H23N3O3/c1-15-12-18(16(2)25(15)19-8-6-5-7-9-19)14-23-24-22(26)17-10-11-20(27-3)21(13-17)28-4/h5-14H,1-4H3,(H,24,26)/b23-14+. The SMILES string of the molecule is COc1ccc(C(=O)N/N=C/c2cc(C)n(-c3ccccc3)c2C)cc1OC. The van der Waals surface area contributed by atoms with Gasteiger partial charge in [0.05, 0.1) is 20.4 Å². The van der Waals surface area contributed by atoms with Gasteiger partial charge in [-0.25, -0.2) is 5.43 Å². The van der Waals surface area contributed by atoms with Crippen molar-refractivity contribution in [2.24, 2.45) is 5.10 Å². The molecule has 144 valence electrons. The quantitative estimate of drug-likeness (QED) is 0.524. The molecule has 6 nitrogen and oxygen atoms in total. The summed E-state index contributed by atoms with van der Waals surface area (Å²) in [7, 11) is 3.08. The Balaban J connectivity index is 1.76. The summed E-state index contributed by atoms with van der Waals surface area (Å²) in [6.07, 6.45) is 1.65. The van der Waals surface area contributed by atoms with E-state index in [1.165, 1.54) is 7.11 Å². The summed E-state index contributed by atoms with van der Waals surface area (Å²) in [6, 6.07) is 17.1. The monoisotopic (exact) mass is 377 g/mol. The number of carbonyl (C=O) groups excluding carboxylic acids is 1. The van der Waals surface area contributed by atoms with Crippen LogP contribution >= 0.6 is 0 Å². The van der Waals surface area contributed by atoms with E-state index in [1.807, 2.05) is 38.1 Å². The molecule has 1 amide bonds. The minimum atomic E-state index is -0.325. The van der Waals surface area contributed by atoms with E-state index in [-0.39, 0.29) is 5.91 Å². The van der Waals surface area contributed by atoms with Crippen LogP contribution in [0.4, 0.5) is 0 Å². The number of nitrogens with zero attached hydrogens (tertiary/aromatic N) is 2. The van der Waals surface area contributed by atoms with Gasteiger partial charge in [-0.15, -0.1) is 0 Å². The number of carbonyl (C=O) groups is 1. The molecule has 1 aromatic heterocycles. The van der Waals surface area contributed by atoms with E-state index in [9.17, 15) is 4.79 Å². The minimum Gasteiger partial charge on any atom is -0.493 e. The topological polar surface area (TPSA) is 64.8 Å². The Morgan fingerprint density at radius 2 is 1.71 bits per heavy atom. The highest BCUT2D eigenvalue weighted by Gasteiger charge is 2.11. The molecule has 6 heteroatoms. The van der Waals surface area contributed by atoms with Crippen LogP contribution in [-0.2, 0) is 0 Å². The first-order valence-electron chi connectivity index (χ1n) is 8.85. The van der Waals surface area contributed by atoms with Gasteiger partial charge in [0.25, 0.3) is 5.91 Å². The molecule has 0 saturated heterocycles. The third-order valence-corrected chi connectivity index (χ3v) is 4.50. The van der Waals surface area contributed by atoms with Crippen molar-refractivity contribution in [1.29, 1.82) is 0 Å². The second-order valence-electron chi connectivity index (χ2n) is 6.27. The van der Waals surface area contributed by atoms with Crippen molar-refractivity contribution in [3.63, 3.8) is 0 Å². The molecule has 0 aliphatic rings. The van der Waals surface area contributed by atoms with E-state index in [4.69, 9.17) is 9.47 Å². The molecule has 1 heterocycles. The number of methoxy groups -OCH3 is 2. The lowest BCUT2D eigenvalue weighted by atomic mass is 10.2. The molecule has 28 heavy (non-hydrogen) atoms. The molecule has 0 bridgehead atoms. The van der Waals surface area contributed by atoms with Crippen molar-refractivity contribution in [2.75, 3.05) is 14.2 Å². The summed E-state index contributed by atoms with van der Waals surface area (Å²) >= 11 is 0. The van der Waals surface area contributed by atoms with Crippen LogP contribution in [0.5, 0.6) is 11.5 Å². The highest BCUT2D eigenvalue weighted by Crippen LogP contribution is 2.27. The molecule has 0 aliphatic carbocycles. The van der Waals surface area contributed by atoms with Crippen molar-refractivity contribution in [3.8, 4) is 17.2 Å². The first-order valence-corrected chi connectivity index (χ1v) is 8.85. The molecule has 0 saturated carbocycles. The highest BCUT2D eigenvalue weighted by molar-refractivity contribution is 5.95. The van der Waals surface area contributed by atoms with Gasteiger partial charge in [-0.2, -0.15) is 5.10 Å². The maximum atomic E-state index is 12.4. The molecular weight excluding hydrogens is 354 g/mol. The normalized spacial score (nSPS) is 10.9. The predicted molar refractivity (Wildman–Crippen MR) is 110 cm³/mol. The highest BCUT2D eigenvalue weighted by atomic mass is 16.5. The molecule has 0 atom stereocenters. The van der Waals surface area contributed by atoms with Crippen LogP contribution in [0.3, 0.4) is 0 Å². The van der Waals surface area contributed by atoms with Crippen LogP contribution in [-0.4, -0.2) is 30.9 Å². The second kappa shape index (κ2) is 8.43. The first kappa shape index (κ1) is 19.2. The predicted octanol–water partition coefficient (Wildman–Crippen LogP) is 3.88. The zero-order valence-electron chi connectivity index (χ0n) is 16.4. The molecule has 3 aromatic rings. The Hall–Kier alpha value is -3.54. The third kappa shape index (κ3) is 3.91. The van der Waals surface area contributed by atoms with Gasteiger partial charge in [-0.1, -0.05) is 18.2 Å². The Kier molecular flexibility index (Phi) is 5.79. The smallest absolute Gasteiger partial charge is 0.271 e. The molecule has 0 aliphatic heterocycles. The molecule has 0 fully saturated rings. The largest absolute Gasteiger partial charge is 0.493 e. The summed E-state index contributed by atoms with van der Waals surface area (Å²) in [5, 5.41) is 4.12. The average molecular weight is 377 g/mol. The number of para-hydroxylation sites is 1. The Bertz CT molecular complexity index is 1010. The Morgan fingerprint density at radius 3 is 2.39 bits per heavy atom. The van der Waals surface area contributed by atoms with Crippen LogP contribution in [0.25, 0.3) is 5.69 Å². The van der Waals surface area contributed by atoms with Crippen LogP contribution in [0, 0.1) is 13.8 Å². The molecule has 1 N–H and O–H groups in total. The zero-order chi connectivity index (χ0) is 20.1. The zero-order valence-corrected chi connectivity index (χ0v) is 16.4. The molecule has 0 radical (unpaired) electrons. The minimum absolute atomic E-state index is 0.325. The summed E-state index contributed by atoms with van der Waals surface area (Å²) in [5.74, 6) is 0.732. The van der Waals surface area contributed by atoms with Gasteiger partial charge in [0.15, 0.2) is 11.5 Å². The Morgan fingerprint density at radius 1 is 1.00 bits per heavy atom. The molecule has 0 unspecified atom stereocenters. The number of aromatic nitrogens is 1. The summed E-state index contributed by atoms with van der Waals surface area (Å²) < 4.78 is 12.6. The van der Waals surface area contributed by atoms with E-state index >= 15 is 0 Å². The molecule has 0 spiro atoms. The van der Waals surface area contributed by atoms with E-state index < -0.39 is 0 Å². The maximum Gasteiger partial charge on any atom is 0.271 e. The van der Waals surface area contributed by atoms with Crippen molar-refractivity contribution in [3.05, 3.63) is 77.1 Å². The van der Waals surface area contributed by atoms with E-state index in [2.05, 4.69) is 27.2 Å². The molecule has 3 rings (SSSR count). The average Bonchev–Trinajstić information content (AvgIpc) is 3.01. The maximum absolute atomic E-state index is 12.4. The third-order valence-electron chi connectivity index (χ3n) is 4.50. The fourth-order valence-corrected chi connectivity index (χ4v) is 3.10. The lowest BCUT2D eigenvalue weighted by Gasteiger charge is -2.09. The van der Waals surface area contributed by atoms with Crippen LogP contribution in [0.2, 0.25) is 0 Å². The van der Waals surface area contributed by atoms with Gasteiger partial charge in [-0.3, -0.25) is 4.79 Å². The van der Waals surface area contributed by atoms with E-state index in [0.717, 1.165) is 22.6 Å². The Labute approximate surface area is 164 Å². The van der Waals surface area contributed by atoms with Crippen LogP contribution < -0.4 is 14.9 Å². The fraction of sp³-hybridized carbons (Fsp3) is 0.182. The number of amides is 1. The summed E-state index contributed by atoms with van der Waals surface area (Å²) in [5.41, 5.74) is 7.16. The van der Waals surface area contributed by atoms with Crippen LogP contribution in [0.1, 0.15) is 27.3 Å². The number of hydrogen-bond donors (Lipinski definition) is 1. The number of nitrogens with one attached hydrogen (secondary N) is 1. The fourth-order valence-electron chi connectivity index (χ4n) is 3.10. The van der Waals surface area contributed by atoms with Crippen molar-refractivity contribution in [1.82, 2.24) is 9.99 Å². The van der Waals surface area contributed by atoms with Crippen LogP contribution in [0.15, 0.2) is 59.7 Å². The van der Waals surface area contributed by atoms with Gasteiger partial charge in [0, 0.05) is 28.2 Å². The number of benzene rings is 2. The summed E-state index contributed by atoms with van der Waals surface area (Å²) in [6.45, 7) is 4.07. The van der Waals surface area contributed by atoms with Gasteiger partial charge in [0.1, 0.15) is 0 Å². The van der Waals surface area contributed by atoms with Gasteiger partial charge in [0.2, 0.25) is 0 Å². The number of hydrazone groups is 1. The lowest BCUT2D eigenvalue weighted by Crippen LogP contribution is -2.17. The molecular formula is C22H23N3O3. The number of ether oxygens (including phenoxy) is 2. The second-order valence-corrected chi connectivity index (χ2v) is 6.27. The van der Waals surface area contributed by atoms with Gasteiger partial charge >= 0.3 is 0 Å². The van der Waals surface area contributed by atoms with E-state index in [1.54, 1.807) is 31.5 Å². The van der Waals surface area contributed by atoms with E-state index in [0.29, 0.717) is 17.1 Å². The number of rotatable bonds is 6. The number of hydrogen-bond acceptors (Lipinski definition) is 4. The van der Waals surface area contributed by atoms with Crippen molar-refractivity contribution in [2.45, 2.75) is 13.8 Å².